The van der Waals surface area contributed by atoms with E-state index in [0.717, 1.165) is 13.7 Å². The van der Waals surface area contributed by atoms with Gasteiger partial charge in [-0.15, -0.1) is 0 Å². The lowest BCUT2D eigenvalue weighted by Gasteiger charge is -1.94. The zero-order valence-electron chi connectivity index (χ0n) is 6.62. The molecule has 0 saturated heterocycles. The average Bonchev–Trinajstić information content (AvgIpc) is 2.39. The summed E-state index contributed by atoms with van der Waals surface area (Å²) in [5.41, 5.74) is 0.636. The maximum absolute atomic E-state index is 9.48. The van der Waals surface area contributed by atoms with Crippen molar-refractivity contribution >= 4 is 44.0 Å². The number of benzene rings is 1. The third-order valence-electron chi connectivity index (χ3n) is 1.89. The molecule has 0 amide bonds. The molecule has 0 bridgehead atoms. The summed E-state index contributed by atoms with van der Waals surface area (Å²) in [7, 11) is 0. The van der Waals surface area contributed by atoms with E-state index >= 15 is 0 Å². The van der Waals surface area contributed by atoms with Crippen molar-refractivity contribution in [2.75, 3.05) is 0 Å². The van der Waals surface area contributed by atoms with Crippen molar-refractivity contribution in [3.05, 3.63) is 27.3 Å². The van der Waals surface area contributed by atoms with E-state index in [-0.39, 0.29) is 11.7 Å². The van der Waals surface area contributed by atoms with Crippen LogP contribution in [0.1, 0.15) is 5.56 Å². The Bertz CT molecular complexity index is 450. The smallest absolute Gasteiger partial charge is 0.177 e. The predicted octanol–water partition coefficient (Wildman–Crippen LogP) is 2.70. The zero-order valence-corrected chi connectivity index (χ0v) is 9.59. The Morgan fingerprint density at radius 3 is 2.85 bits per heavy atom. The second-order valence-corrected chi connectivity index (χ2v) is 4.96. The van der Waals surface area contributed by atoms with Crippen molar-refractivity contribution in [1.29, 1.82) is 0 Å². The minimum absolute atomic E-state index is 0.105. The van der Waals surface area contributed by atoms with Crippen LogP contribution < -0.4 is 0 Å². The second kappa shape index (κ2) is 3.43. The Morgan fingerprint density at radius 1 is 1.38 bits per heavy atom. The van der Waals surface area contributed by atoms with Gasteiger partial charge in [0.2, 0.25) is 0 Å². The molecule has 2 nitrogen and oxygen atoms in total. The molecule has 0 aliphatic carbocycles. The van der Waals surface area contributed by atoms with Gasteiger partial charge >= 0.3 is 0 Å². The fraction of sp³-hybridized carbons (Fsp3) is 0.111. The zero-order chi connectivity index (χ0) is 9.42. The molecule has 0 saturated carbocycles. The summed E-state index contributed by atoms with van der Waals surface area (Å²) in [5, 5.41) is 19.7. The predicted molar refractivity (Wildman–Crippen MR) is 62.1 cm³/mol. The first-order chi connectivity index (χ1) is 6.22. The minimum atomic E-state index is -0.105. The number of halogens is 1. The highest BCUT2D eigenvalue weighted by molar-refractivity contribution is 14.1. The first-order valence-corrected chi connectivity index (χ1v) is 5.62. The maximum atomic E-state index is 9.48. The van der Waals surface area contributed by atoms with Gasteiger partial charge in [0.25, 0.3) is 0 Å². The summed E-state index contributed by atoms with van der Waals surface area (Å²) in [6.07, 6.45) is 0. The Labute approximate surface area is 93.0 Å². The van der Waals surface area contributed by atoms with Gasteiger partial charge in [0.1, 0.15) is 0 Å². The third-order valence-corrected chi connectivity index (χ3v) is 3.56. The van der Waals surface area contributed by atoms with Crippen LogP contribution in [-0.2, 0) is 6.61 Å². The fourth-order valence-electron chi connectivity index (χ4n) is 1.26. The molecule has 0 aliphatic rings. The van der Waals surface area contributed by atoms with Crippen LogP contribution in [0.2, 0.25) is 0 Å². The van der Waals surface area contributed by atoms with E-state index in [2.05, 4.69) is 22.6 Å². The second-order valence-electron chi connectivity index (χ2n) is 2.68. The van der Waals surface area contributed by atoms with Gasteiger partial charge < -0.3 is 10.2 Å². The Kier molecular flexibility index (Phi) is 2.44. The average molecular weight is 306 g/mol. The molecule has 0 unspecified atom stereocenters. The van der Waals surface area contributed by atoms with Gasteiger partial charge in [-0.1, -0.05) is 17.4 Å². The molecule has 1 aromatic heterocycles. The number of fused-ring (bicyclic) bond motifs is 1. The van der Waals surface area contributed by atoms with Gasteiger partial charge in [0.05, 0.1) is 6.61 Å². The molecular formula is C9H7IO2S. The Hall–Kier alpha value is -0.330. The largest absolute Gasteiger partial charge is 0.499 e. The van der Waals surface area contributed by atoms with Gasteiger partial charge in [-0.25, -0.2) is 0 Å². The molecule has 68 valence electrons. The lowest BCUT2D eigenvalue weighted by atomic mass is 10.2. The summed E-state index contributed by atoms with van der Waals surface area (Å²) in [6, 6.07) is 5.90. The monoisotopic (exact) mass is 306 g/mol. The molecule has 0 spiro atoms. The summed E-state index contributed by atoms with van der Waals surface area (Å²) in [6.45, 7) is -0.105. The van der Waals surface area contributed by atoms with Crippen molar-refractivity contribution in [3.63, 3.8) is 0 Å². The molecule has 13 heavy (non-hydrogen) atoms. The summed E-state index contributed by atoms with van der Waals surface area (Å²) >= 11 is 3.53. The van der Waals surface area contributed by atoms with Crippen LogP contribution in [0.5, 0.6) is 5.06 Å². The molecule has 2 aromatic rings. The van der Waals surface area contributed by atoms with Gasteiger partial charge in [-0.3, -0.25) is 0 Å². The number of aromatic hydroxyl groups is 1. The van der Waals surface area contributed by atoms with Crippen molar-refractivity contribution in [2.45, 2.75) is 6.61 Å². The van der Waals surface area contributed by atoms with Crippen LogP contribution in [0.3, 0.4) is 0 Å². The quantitative estimate of drug-likeness (QED) is 0.795. The minimum Gasteiger partial charge on any atom is -0.499 e. The van der Waals surface area contributed by atoms with Gasteiger partial charge in [-0.05, 0) is 34.7 Å². The van der Waals surface area contributed by atoms with Gasteiger partial charge in [-0.2, -0.15) is 0 Å². The van der Waals surface area contributed by atoms with Crippen LogP contribution >= 0.6 is 33.9 Å². The third kappa shape index (κ3) is 1.53. The molecule has 0 fully saturated rings. The van der Waals surface area contributed by atoms with Crippen LogP contribution in [0.25, 0.3) is 10.1 Å². The van der Waals surface area contributed by atoms with E-state index < -0.39 is 0 Å². The normalized spacial score (nSPS) is 10.9. The molecule has 0 radical (unpaired) electrons. The number of rotatable bonds is 1. The van der Waals surface area contributed by atoms with Crippen molar-refractivity contribution < 1.29 is 10.2 Å². The van der Waals surface area contributed by atoms with Crippen LogP contribution in [0, 0.1) is 3.57 Å². The first kappa shape index (κ1) is 9.23. The van der Waals surface area contributed by atoms with Crippen LogP contribution in [0.15, 0.2) is 18.2 Å². The number of aliphatic hydroxyl groups excluding tert-OH is 1. The molecule has 4 heteroatoms. The fourth-order valence-corrected chi connectivity index (χ4v) is 2.96. The molecule has 2 N–H and O–H groups in total. The van der Waals surface area contributed by atoms with Gasteiger partial charge in [0, 0.05) is 19.2 Å². The van der Waals surface area contributed by atoms with Crippen molar-refractivity contribution in [2.24, 2.45) is 0 Å². The standard InChI is InChI=1S/C9H7IO2S/c10-5-1-2-6-7(4-11)9(12)13-8(6)3-5/h1-3,11-12H,4H2. The van der Waals surface area contributed by atoms with E-state index in [1.807, 2.05) is 18.2 Å². The lowest BCUT2D eigenvalue weighted by Crippen LogP contribution is -1.79. The van der Waals surface area contributed by atoms with E-state index in [1.165, 1.54) is 11.3 Å². The van der Waals surface area contributed by atoms with E-state index in [9.17, 15) is 5.11 Å². The molecule has 2 rings (SSSR count). The van der Waals surface area contributed by atoms with E-state index in [0.29, 0.717) is 5.56 Å². The van der Waals surface area contributed by atoms with E-state index in [1.54, 1.807) is 0 Å². The Morgan fingerprint density at radius 2 is 2.15 bits per heavy atom. The van der Waals surface area contributed by atoms with Crippen molar-refractivity contribution in [3.8, 4) is 5.06 Å². The topological polar surface area (TPSA) is 40.5 Å². The van der Waals surface area contributed by atoms with Gasteiger partial charge in [0.15, 0.2) is 5.06 Å². The Balaban J connectivity index is 2.79. The maximum Gasteiger partial charge on any atom is 0.177 e. The summed E-state index contributed by atoms with van der Waals surface area (Å²) in [4.78, 5) is 0. The number of hydrogen-bond acceptors (Lipinski definition) is 3. The number of hydrogen-bond donors (Lipinski definition) is 2. The molecule has 1 heterocycles. The van der Waals surface area contributed by atoms with Crippen molar-refractivity contribution in [1.82, 2.24) is 0 Å². The summed E-state index contributed by atoms with van der Waals surface area (Å²) in [5.74, 6) is 0. The highest BCUT2D eigenvalue weighted by Gasteiger charge is 2.09. The van der Waals surface area contributed by atoms with Crippen LogP contribution in [-0.4, -0.2) is 10.2 Å². The summed E-state index contributed by atoms with van der Waals surface area (Å²) < 4.78 is 2.16. The SMILES string of the molecule is OCc1c(O)sc2cc(I)ccc12. The molecular weight excluding hydrogens is 299 g/mol. The highest BCUT2D eigenvalue weighted by Crippen LogP contribution is 2.37. The number of thiophene rings is 1. The number of aliphatic hydroxyl groups is 1. The van der Waals surface area contributed by atoms with Crippen LogP contribution in [0.4, 0.5) is 0 Å². The van der Waals surface area contributed by atoms with E-state index in [4.69, 9.17) is 5.11 Å². The molecule has 0 atom stereocenters. The highest BCUT2D eigenvalue weighted by atomic mass is 127. The molecule has 1 aromatic carbocycles. The first-order valence-electron chi connectivity index (χ1n) is 3.73. The molecule has 0 aliphatic heterocycles. The lowest BCUT2D eigenvalue weighted by molar-refractivity contribution is 0.278.